The minimum Gasteiger partial charge on any atom is -0.492 e. The van der Waals surface area contributed by atoms with Crippen LogP contribution in [0, 0.1) is 5.82 Å². The van der Waals surface area contributed by atoms with Crippen molar-refractivity contribution in [1.82, 2.24) is 5.32 Å². The van der Waals surface area contributed by atoms with Gasteiger partial charge < -0.3 is 10.1 Å². The summed E-state index contributed by atoms with van der Waals surface area (Å²) in [5.74, 6) is -0.198. The van der Waals surface area contributed by atoms with Crippen molar-refractivity contribution in [3.63, 3.8) is 0 Å². The summed E-state index contributed by atoms with van der Waals surface area (Å²) in [5.41, 5.74) is 0.226. The van der Waals surface area contributed by atoms with E-state index in [0.29, 0.717) is 23.9 Å². The molecular weight excluding hydrogens is 316 g/mol. The fourth-order valence-corrected chi connectivity index (χ4v) is 2.01. The van der Waals surface area contributed by atoms with Gasteiger partial charge in [-0.05, 0) is 42.5 Å². The molecule has 0 unspecified atom stereocenters. The van der Waals surface area contributed by atoms with Crippen LogP contribution in [0.1, 0.15) is 10.4 Å². The first-order valence-electron chi connectivity index (χ1n) is 6.18. The molecule has 2 aromatic rings. The number of hydrogen-bond acceptors (Lipinski definition) is 2. The van der Waals surface area contributed by atoms with E-state index in [1.54, 1.807) is 24.3 Å². The van der Waals surface area contributed by atoms with E-state index in [1.807, 2.05) is 0 Å². The number of halogens is 3. The second kappa shape index (κ2) is 7.29. The largest absolute Gasteiger partial charge is 0.492 e. The second-order valence-corrected chi connectivity index (χ2v) is 5.03. The lowest BCUT2D eigenvalue weighted by Crippen LogP contribution is -2.28. The van der Waals surface area contributed by atoms with Crippen molar-refractivity contribution in [2.45, 2.75) is 0 Å². The number of ether oxygens (including phenoxy) is 1. The van der Waals surface area contributed by atoms with Crippen LogP contribution < -0.4 is 10.1 Å². The zero-order chi connectivity index (χ0) is 15.2. The van der Waals surface area contributed by atoms with Crippen LogP contribution in [-0.4, -0.2) is 19.1 Å². The molecule has 0 saturated carbocycles. The topological polar surface area (TPSA) is 38.3 Å². The molecule has 3 nitrogen and oxygen atoms in total. The minimum absolute atomic E-state index is 0.0751. The monoisotopic (exact) mass is 327 g/mol. The van der Waals surface area contributed by atoms with Gasteiger partial charge in [-0.25, -0.2) is 4.39 Å². The Morgan fingerprint density at radius 1 is 1.14 bits per heavy atom. The first-order valence-corrected chi connectivity index (χ1v) is 6.93. The Kier molecular flexibility index (Phi) is 5.42. The third-order valence-electron chi connectivity index (χ3n) is 2.65. The summed E-state index contributed by atoms with van der Waals surface area (Å²) in [6.45, 7) is 0.599. The van der Waals surface area contributed by atoms with Gasteiger partial charge in [-0.2, -0.15) is 0 Å². The van der Waals surface area contributed by atoms with Crippen LogP contribution in [0.25, 0.3) is 0 Å². The van der Waals surface area contributed by atoms with Crippen LogP contribution in [0.15, 0.2) is 42.5 Å². The van der Waals surface area contributed by atoms with Crippen molar-refractivity contribution >= 4 is 29.1 Å². The maximum atomic E-state index is 12.9. The highest BCUT2D eigenvalue weighted by atomic mass is 35.5. The number of carbonyl (C=O) groups is 1. The highest BCUT2D eigenvalue weighted by Gasteiger charge is 2.10. The third kappa shape index (κ3) is 4.62. The van der Waals surface area contributed by atoms with E-state index in [9.17, 15) is 9.18 Å². The summed E-state index contributed by atoms with van der Waals surface area (Å²) >= 11 is 11.6. The van der Waals surface area contributed by atoms with Gasteiger partial charge in [0.25, 0.3) is 5.91 Å². The fourth-order valence-electron chi connectivity index (χ4n) is 1.63. The van der Waals surface area contributed by atoms with Crippen molar-refractivity contribution < 1.29 is 13.9 Å². The van der Waals surface area contributed by atoms with Crippen LogP contribution in [0.3, 0.4) is 0 Å². The van der Waals surface area contributed by atoms with Crippen LogP contribution in [0.5, 0.6) is 5.75 Å². The fraction of sp³-hybridized carbons (Fsp3) is 0.133. The van der Waals surface area contributed by atoms with E-state index in [-0.39, 0.29) is 16.5 Å². The second-order valence-electron chi connectivity index (χ2n) is 4.18. The van der Waals surface area contributed by atoms with Crippen molar-refractivity contribution in [2.24, 2.45) is 0 Å². The first kappa shape index (κ1) is 15.6. The molecule has 0 spiro atoms. The van der Waals surface area contributed by atoms with Crippen LogP contribution in [0.2, 0.25) is 10.0 Å². The summed E-state index contributed by atoms with van der Waals surface area (Å²) in [4.78, 5) is 11.8. The number of benzene rings is 2. The van der Waals surface area contributed by atoms with Crippen molar-refractivity contribution in [3.05, 3.63) is 63.9 Å². The Morgan fingerprint density at radius 3 is 2.52 bits per heavy atom. The van der Waals surface area contributed by atoms with Gasteiger partial charge in [0.2, 0.25) is 0 Å². The van der Waals surface area contributed by atoms with Gasteiger partial charge in [0.05, 0.1) is 17.1 Å². The lowest BCUT2D eigenvalue weighted by molar-refractivity contribution is 0.0947. The van der Waals surface area contributed by atoms with Crippen LogP contribution >= 0.6 is 23.2 Å². The maximum absolute atomic E-state index is 12.9. The number of amides is 1. The Balaban J connectivity index is 1.80. The molecular formula is C15H12Cl2FNO2. The van der Waals surface area contributed by atoms with E-state index in [0.717, 1.165) is 6.07 Å². The molecule has 2 aromatic carbocycles. The quantitative estimate of drug-likeness (QED) is 0.844. The van der Waals surface area contributed by atoms with Crippen molar-refractivity contribution in [2.75, 3.05) is 13.2 Å². The van der Waals surface area contributed by atoms with E-state index >= 15 is 0 Å². The molecule has 0 atom stereocenters. The van der Waals surface area contributed by atoms with Gasteiger partial charge in [-0.3, -0.25) is 4.79 Å². The molecule has 0 heterocycles. The van der Waals surface area contributed by atoms with E-state index in [4.69, 9.17) is 27.9 Å². The maximum Gasteiger partial charge on any atom is 0.252 e. The van der Waals surface area contributed by atoms with Gasteiger partial charge in [-0.1, -0.05) is 23.2 Å². The molecule has 21 heavy (non-hydrogen) atoms. The van der Waals surface area contributed by atoms with Crippen molar-refractivity contribution in [3.8, 4) is 5.75 Å². The summed E-state index contributed by atoms with van der Waals surface area (Å²) in [7, 11) is 0. The molecule has 0 aliphatic heterocycles. The lowest BCUT2D eigenvalue weighted by atomic mass is 10.2. The lowest BCUT2D eigenvalue weighted by Gasteiger charge is -2.08. The molecule has 0 radical (unpaired) electrons. The van der Waals surface area contributed by atoms with E-state index in [1.165, 1.54) is 12.1 Å². The number of carbonyl (C=O) groups excluding carboxylic acids is 1. The normalized spacial score (nSPS) is 10.2. The van der Waals surface area contributed by atoms with Gasteiger partial charge in [0, 0.05) is 5.02 Å². The average Bonchev–Trinajstić information content (AvgIpc) is 2.45. The first-order chi connectivity index (χ1) is 10.1. The van der Waals surface area contributed by atoms with E-state index in [2.05, 4.69) is 5.32 Å². The molecule has 0 saturated heterocycles. The molecule has 110 valence electrons. The molecule has 1 amide bonds. The Morgan fingerprint density at radius 2 is 1.86 bits per heavy atom. The average molecular weight is 328 g/mol. The molecule has 1 N–H and O–H groups in total. The Bertz CT molecular complexity index is 632. The SMILES string of the molecule is O=C(NCCOc1ccc(Cl)cc1)c1ccc(F)cc1Cl. The van der Waals surface area contributed by atoms with Gasteiger partial charge in [0.1, 0.15) is 18.2 Å². The molecule has 0 bridgehead atoms. The number of hydrogen-bond donors (Lipinski definition) is 1. The molecule has 0 aromatic heterocycles. The number of rotatable bonds is 5. The molecule has 0 aliphatic rings. The molecule has 6 heteroatoms. The Hall–Kier alpha value is -1.78. The number of nitrogens with one attached hydrogen (secondary N) is 1. The van der Waals surface area contributed by atoms with Gasteiger partial charge in [-0.15, -0.1) is 0 Å². The smallest absolute Gasteiger partial charge is 0.252 e. The zero-order valence-corrected chi connectivity index (χ0v) is 12.4. The van der Waals surface area contributed by atoms with E-state index < -0.39 is 5.82 Å². The predicted octanol–water partition coefficient (Wildman–Crippen LogP) is 3.94. The minimum atomic E-state index is -0.484. The van der Waals surface area contributed by atoms with Crippen molar-refractivity contribution in [1.29, 1.82) is 0 Å². The standard InChI is InChI=1S/C15H12Cl2FNO2/c16-10-1-4-12(5-2-10)21-8-7-19-15(20)13-6-3-11(18)9-14(13)17/h1-6,9H,7-8H2,(H,19,20). The molecule has 0 aliphatic carbocycles. The molecule has 2 rings (SSSR count). The Labute approximate surface area is 131 Å². The third-order valence-corrected chi connectivity index (χ3v) is 3.21. The highest BCUT2D eigenvalue weighted by molar-refractivity contribution is 6.33. The molecule has 0 fully saturated rings. The zero-order valence-electron chi connectivity index (χ0n) is 10.9. The summed E-state index contributed by atoms with van der Waals surface area (Å²) in [6, 6.07) is 10.5. The summed E-state index contributed by atoms with van der Waals surface area (Å²) in [5, 5.41) is 3.35. The van der Waals surface area contributed by atoms with Crippen LogP contribution in [0.4, 0.5) is 4.39 Å². The van der Waals surface area contributed by atoms with Gasteiger partial charge >= 0.3 is 0 Å². The predicted molar refractivity (Wildman–Crippen MR) is 80.7 cm³/mol. The summed E-state index contributed by atoms with van der Waals surface area (Å²) < 4.78 is 18.3. The van der Waals surface area contributed by atoms with Gasteiger partial charge in [0.15, 0.2) is 0 Å². The summed E-state index contributed by atoms with van der Waals surface area (Å²) in [6.07, 6.45) is 0. The highest BCUT2D eigenvalue weighted by Crippen LogP contribution is 2.17. The van der Waals surface area contributed by atoms with Crippen LogP contribution in [-0.2, 0) is 0 Å².